The number of carbonyl (C=O) groups excluding carboxylic acids is 1. The highest BCUT2D eigenvalue weighted by atomic mass is 32.2. The van der Waals surface area contributed by atoms with E-state index < -0.39 is 10.0 Å². The maximum Gasteiger partial charge on any atom is 0.261 e. The van der Waals surface area contributed by atoms with Gasteiger partial charge in [0.05, 0.1) is 4.90 Å². The molecule has 23 heavy (non-hydrogen) atoms. The molecule has 2 N–H and O–H groups in total. The van der Waals surface area contributed by atoms with Crippen LogP contribution in [0.3, 0.4) is 0 Å². The second-order valence-corrected chi connectivity index (χ2v) is 7.88. The molecular weight excluding hydrogens is 312 g/mol. The average Bonchev–Trinajstić information content (AvgIpc) is 2.47. The first-order chi connectivity index (χ1) is 10.7. The SMILES string of the molecule is CC(C)(C)NC(=O)c1ccc(NS(=O)(=O)c2ccccc2)cc1. The number of rotatable bonds is 4. The standard InChI is InChI=1S/C17H20N2O3S/c1-17(2,3)18-16(20)13-9-11-14(12-10-13)19-23(21,22)15-7-5-4-6-8-15/h4-12,19H,1-3H3,(H,18,20). The van der Waals surface area contributed by atoms with Gasteiger partial charge in [-0.05, 0) is 57.2 Å². The molecule has 122 valence electrons. The summed E-state index contributed by atoms with van der Waals surface area (Å²) >= 11 is 0. The molecule has 0 saturated heterocycles. The summed E-state index contributed by atoms with van der Waals surface area (Å²) in [6.45, 7) is 5.69. The van der Waals surface area contributed by atoms with Crippen molar-refractivity contribution in [1.29, 1.82) is 0 Å². The van der Waals surface area contributed by atoms with Crippen LogP contribution in [-0.4, -0.2) is 19.9 Å². The van der Waals surface area contributed by atoms with Crippen molar-refractivity contribution < 1.29 is 13.2 Å². The third kappa shape index (κ3) is 4.82. The molecule has 0 heterocycles. The van der Waals surface area contributed by atoms with Crippen LogP contribution in [-0.2, 0) is 10.0 Å². The fourth-order valence-electron chi connectivity index (χ4n) is 1.92. The van der Waals surface area contributed by atoms with E-state index in [0.717, 1.165) is 0 Å². The van der Waals surface area contributed by atoms with Crippen molar-refractivity contribution in [2.75, 3.05) is 4.72 Å². The maximum absolute atomic E-state index is 12.2. The molecule has 1 amide bonds. The highest BCUT2D eigenvalue weighted by Crippen LogP contribution is 2.16. The highest BCUT2D eigenvalue weighted by molar-refractivity contribution is 7.92. The van der Waals surface area contributed by atoms with Gasteiger partial charge < -0.3 is 5.32 Å². The Bertz CT molecular complexity index is 777. The molecule has 0 bridgehead atoms. The predicted molar refractivity (Wildman–Crippen MR) is 90.9 cm³/mol. The Morgan fingerprint density at radius 3 is 2.00 bits per heavy atom. The van der Waals surface area contributed by atoms with Gasteiger partial charge in [-0.25, -0.2) is 8.42 Å². The van der Waals surface area contributed by atoms with Crippen LogP contribution >= 0.6 is 0 Å². The highest BCUT2D eigenvalue weighted by Gasteiger charge is 2.16. The minimum absolute atomic E-state index is 0.189. The molecular formula is C17H20N2O3S. The number of hydrogen-bond donors (Lipinski definition) is 2. The van der Waals surface area contributed by atoms with Crippen molar-refractivity contribution in [3.8, 4) is 0 Å². The summed E-state index contributed by atoms with van der Waals surface area (Å²) in [5, 5.41) is 2.85. The van der Waals surface area contributed by atoms with Crippen LogP contribution in [0, 0.1) is 0 Å². The number of nitrogens with one attached hydrogen (secondary N) is 2. The fraction of sp³-hybridized carbons (Fsp3) is 0.235. The van der Waals surface area contributed by atoms with Crippen LogP contribution in [0.4, 0.5) is 5.69 Å². The van der Waals surface area contributed by atoms with Crippen molar-refractivity contribution >= 4 is 21.6 Å². The monoisotopic (exact) mass is 332 g/mol. The van der Waals surface area contributed by atoms with Crippen molar-refractivity contribution in [2.24, 2.45) is 0 Å². The Labute approximate surface area is 136 Å². The van der Waals surface area contributed by atoms with E-state index in [0.29, 0.717) is 11.3 Å². The first-order valence-electron chi connectivity index (χ1n) is 7.18. The predicted octanol–water partition coefficient (Wildman–Crippen LogP) is 3.02. The number of anilines is 1. The minimum atomic E-state index is -3.63. The van der Waals surface area contributed by atoms with Gasteiger partial charge in [-0.1, -0.05) is 18.2 Å². The number of carbonyl (C=O) groups is 1. The van der Waals surface area contributed by atoms with E-state index in [9.17, 15) is 13.2 Å². The largest absolute Gasteiger partial charge is 0.347 e. The van der Waals surface area contributed by atoms with Crippen LogP contribution in [0.1, 0.15) is 31.1 Å². The van der Waals surface area contributed by atoms with E-state index in [2.05, 4.69) is 10.0 Å². The lowest BCUT2D eigenvalue weighted by atomic mass is 10.1. The second kappa shape index (κ2) is 6.42. The first-order valence-corrected chi connectivity index (χ1v) is 8.66. The fourth-order valence-corrected chi connectivity index (χ4v) is 3.00. The third-order valence-corrected chi connectivity index (χ3v) is 4.34. The third-order valence-electron chi connectivity index (χ3n) is 2.94. The molecule has 0 aromatic heterocycles. The zero-order chi connectivity index (χ0) is 17.1. The van der Waals surface area contributed by atoms with Crippen LogP contribution in [0.25, 0.3) is 0 Å². The smallest absolute Gasteiger partial charge is 0.261 e. The van der Waals surface area contributed by atoms with Crippen LogP contribution < -0.4 is 10.0 Å². The normalized spacial score (nSPS) is 11.8. The van der Waals surface area contributed by atoms with Gasteiger partial charge >= 0.3 is 0 Å². The summed E-state index contributed by atoms with van der Waals surface area (Å²) in [5.74, 6) is -0.199. The number of sulfonamides is 1. The second-order valence-electron chi connectivity index (χ2n) is 6.20. The Morgan fingerprint density at radius 2 is 1.48 bits per heavy atom. The van der Waals surface area contributed by atoms with Gasteiger partial charge in [-0.3, -0.25) is 9.52 Å². The Kier molecular flexibility index (Phi) is 4.75. The van der Waals surface area contributed by atoms with Gasteiger partial charge in [0, 0.05) is 16.8 Å². The Balaban J connectivity index is 2.13. The Hall–Kier alpha value is -2.34. The molecule has 0 aliphatic heterocycles. The molecule has 5 nitrogen and oxygen atoms in total. The van der Waals surface area contributed by atoms with Crippen molar-refractivity contribution in [1.82, 2.24) is 5.32 Å². The lowest BCUT2D eigenvalue weighted by Crippen LogP contribution is -2.40. The summed E-state index contributed by atoms with van der Waals surface area (Å²) in [7, 11) is -3.63. The molecule has 0 radical (unpaired) electrons. The molecule has 0 aliphatic carbocycles. The van der Waals surface area contributed by atoms with Crippen molar-refractivity contribution in [2.45, 2.75) is 31.2 Å². The van der Waals surface area contributed by atoms with Crippen molar-refractivity contribution in [3.63, 3.8) is 0 Å². The van der Waals surface area contributed by atoms with E-state index in [4.69, 9.17) is 0 Å². The van der Waals surface area contributed by atoms with Gasteiger partial charge in [-0.15, -0.1) is 0 Å². The van der Waals surface area contributed by atoms with Gasteiger partial charge in [0.1, 0.15) is 0 Å². The lowest BCUT2D eigenvalue weighted by Gasteiger charge is -2.20. The molecule has 0 spiro atoms. The van der Waals surface area contributed by atoms with E-state index in [1.807, 2.05) is 20.8 Å². The molecule has 0 aliphatic rings. The van der Waals surface area contributed by atoms with Gasteiger partial charge in [-0.2, -0.15) is 0 Å². The number of amides is 1. The van der Waals surface area contributed by atoms with Gasteiger partial charge in [0.2, 0.25) is 0 Å². The molecule has 6 heteroatoms. The summed E-state index contributed by atoms with van der Waals surface area (Å²) in [4.78, 5) is 12.2. The molecule has 0 saturated carbocycles. The van der Waals surface area contributed by atoms with Crippen LogP contribution in [0.5, 0.6) is 0 Å². The van der Waals surface area contributed by atoms with E-state index in [1.54, 1.807) is 42.5 Å². The molecule has 0 atom stereocenters. The molecule has 2 aromatic carbocycles. The maximum atomic E-state index is 12.2. The zero-order valence-electron chi connectivity index (χ0n) is 13.3. The molecule has 2 rings (SSSR count). The summed E-state index contributed by atoms with van der Waals surface area (Å²) in [6.07, 6.45) is 0. The average molecular weight is 332 g/mol. The van der Waals surface area contributed by atoms with Gasteiger partial charge in [0.15, 0.2) is 0 Å². The number of hydrogen-bond acceptors (Lipinski definition) is 3. The molecule has 0 fully saturated rings. The van der Waals surface area contributed by atoms with E-state index in [-0.39, 0.29) is 16.3 Å². The van der Waals surface area contributed by atoms with Crippen molar-refractivity contribution in [3.05, 3.63) is 60.2 Å². The summed E-state index contributed by atoms with van der Waals surface area (Å²) in [6, 6.07) is 14.4. The summed E-state index contributed by atoms with van der Waals surface area (Å²) in [5.41, 5.74) is 0.550. The Morgan fingerprint density at radius 1 is 0.913 bits per heavy atom. The molecule has 0 unspecified atom stereocenters. The minimum Gasteiger partial charge on any atom is -0.347 e. The van der Waals surface area contributed by atoms with E-state index >= 15 is 0 Å². The zero-order valence-corrected chi connectivity index (χ0v) is 14.1. The van der Waals surface area contributed by atoms with Crippen LogP contribution in [0.15, 0.2) is 59.5 Å². The number of benzene rings is 2. The van der Waals surface area contributed by atoms with E-state index in [1.165, 1.54) is 12.1 Å². The molecule has 2 aromatic rings. The van der Waals surface area contributed by atoms with Crippen LogP contribution in [0.2, 0.25) is 0 Å². The summed E-state index contributed by atoms with van der Waals surface area (Å²) < 4.78 is 26.9. The first kappa shape index (κ1) is 17.0. The van der Waals surface area contributed by atoms with Gasteiger partial charge in [0.25, 0.3) is 15.9 Å². The quantitative estimate of drug-likeness (QED) is 0.904. The topological polar surface area (TPSA) is 75.3 Å². The lowest BCUT2D eigenvalue weighted by molar-refractivity contribution is 0.0919.